The highest BCUT2D eigenvalue weighted by Gasteiger charge is 2.22. The largest absolute Gasteiger partial charge is 0.495 e. The van der Waals surface area contributed by atoms with Crippen LogP contribution < -0.4 is 16.0 Å². The Hall–Kier alpha value is -3.98. The zero-order valence-corrected chi connectivity index (χ0v) is 17.7. The molecule has 0 aliphatic heterocycles. The molecular formula is C23H22N4O5. The van der Waals surface area contributed by atoms with Crippen LogP contribution in [0.3, 0.4) is 0 Å². The Morgan fingerprint density at radius 2 is 1.72 bits per heavy atom. The smallest absolute Gasteiger partial charge is 0.337 e. The second-order valence-corrected chi connectivity index (χ2v) is 7.07. The summed E-state index contributed by atoms with van der Waals surface area (Å²) in [5, 5.41) is 0. The van der Waals surface area contributed by atoms with Gasteiger partial charge in [-0.25, -0.2) is 14.3 Å². The number of hydrogen-bond acceptors (Lipinski definition) is 6. The van der Waals surface area contributed by atoms with Crippen molar-refractivity contribution in [1.82, 2.24) is 18.7 Å². The van der Waals surface area contributed by atoms with Crippen molar-refractivity contribution < 1.29 is 14.3 Å². The number of para-hydroxylation sites is 2. The summed E-state index contributed by atoms with van der Waals surface area (Å²) in [5.74, 6) is 0.269. The summed E-state index contributed by atoms with van der Waals surface area (Å²) in [6.07, 6.45) is 1.40. The van der Waals surface area contributed by atoms with E-state index in [1.54, 1.807) is 48.5 Å². The lowest BCUT2D eigenvalue weighted by molar-refractivity contribution is 0.0973. The minimum atomic E-state index is -0.566. The zero-order valence-electron chi connectivity index (χ0n) is 17.7. The maximum Gasteiger partial charge on any atom is 0.337 e. The summed E-state index contributed by atoms with van der Waals surface area (Å²) in [7, 11) is 2.99. The summed E-state index contributed by atoms with van der Waals surface area (Å²) in [4.78, 5) is 43.7. The number of carbonyl (C=O) groups is 1. The molecule has 0 aliphatic rings. The number of methoxy groups -OCH3 is 2. The summed E-state index contributed by atoms with van der Waals surface area (Å²) in [6, 6.07) is 15.8. The van der Waals surface area contributed by atoms with Crippen molar-refractivity contribution in [3.63, 3.8) is 0 Å². The number of Topliss-reactive ketones (excluding diaryl/α,β-unsaturated/α-hetero) is 1. The fourth-order valence-electron chi connectivity index (χ4n) is 3.58. The van der Waals surface area contributed by atoms with E-state index < -0.39 is 11.2 Å². The van der Waals surface area contributed by atoms with E-state index in [2.05, 4.69) is 4.98 Å². The summed E-state index contributed by atoms with van der Waals surface area (Å²) < 4.78 is 14.4. The van der Waals surface area contributed by atoms with Gasteiger partial charge in [0.25, 0.3) is 5.56 Å². The molecule has 164 valence electrons. The zero-order chi connectivity index (χ0) is 22.7. The highest BCUT2D eigenvalue weighted by atomic mass is 16.5. The topological polar surface area (TPSA) is 97.4 Å². The molecule has 4 aromatic rings. The normalized spacial score (nSPS) is 11.1. The molecule has 0 amide bonds. The van der Waals surface area contributed by atoms with Crippen LogP contribution in [0.5, 0.6) is 5.75 Å². The Labute approximate surface area is 183 Å². The van der Waals surface area contributed by atoms with E-state index in [0.717, 1.165) is 4.57 Å². The molecule has 0 aliphatic carbocycles. The molecular weight excluding hydrogens is 412 g/mol. The maximum atomic E-state index is 13.3. The van der Waals surface area contributed by atoms with E-state index >= 15 is 0 Å². The van der Waals surface area contributed by atoms with Crippen molar-refractivity contribution in [1.29, 1.82) is 0 Å². The van der Waals surface area contributed by atoms with Gasteiger partial charge in [0.2, 0.25) is 0 Å². The third-order valence-corrected chi connectivity index (χ3v) is 5.15. The number of aromatic nitrogens is 4. The standard InChI is InChI=1S/C23H22N4O5/c1-31-13-12-26-22(29)20-21(27(23(26)30)17-10-6-7-11-19(17)32-2)24-15-25(20)14-18(28)16-8-4-3-5-9-16/h3-11,15H,12-14H2,1-2H3. The monoisotopic (exact) mass is 434 g/mol. The van der Waals surface area contributed by atoms with Gasteiger partial charge in [-0.2, -0.15) is 0 Å². The van der Waals surface area contributed by atoms with Gasteiger partial charge in [-0.1, -0.05) is 42.5 Å². The van der Waals surface area contributed by atoms with Crippen LogP contribution in [-0.4, -0.2) is 45.3 Å². The van der Waals surface area contributed by atoms with Crippen molar-refractivity contribution in [2.75, 3.05) is 20.8 Å². The van der Waals surface area contributed by atoms with Crippen LogP contribution in [0.15, 0.2) is 70.5 Å². The number of imidazole rings is 1. The number of benzene rings is 2. The first-order valence-electron chi connectivity index (χ1n) is 9.98. The molecule has 0 unspecified atom stereocenters. The van der Waals surface area contributed by atoms with Gasteiger partial charge in [-0.3, -0.25) is 14.2 Å². The predicted octanol–water partition coefficient (Wildman–Crippen LogP) is 1.89. The van der Waals surface area contributed by atoms with Gasteiger partial charge < -0.3 is 14.0 Å². The molecule has 0 saturated heterocycles. The second kappa shape index (κ2) is 9.03. The molecule has 0 bridgehead atoms. The van der Waals surface area contributed by atoms with Crippen LogP contribution in [-0.2, 0) is 17.8 Å². The maximum absolute atomic E-state index is 13.3. The van der Waals surface area contributed by atoms with Crippen LogP contribution in [0.4, 0.5) is 0 Å². The van der Waals surface area contributed by atoms with Crippen LogP contribution in [0, 0.1) is 0 Å². The minimum Gasteiger partial charge on any atom is -0.495 e. The average molecular weight is 434 g/mol. The molecule has 2 aromatic heterocycles. The number of hydrogen-bond donors (Lipinski definition) is 0. The van der Waals surface area contributed by atoms with Gasteiger partial charge in [0.1, 0.15) is 5.75 Å². The molecule has 9 heteroatoms. The molecule has 0 N–H and O–H groups in total. The Morgan fingerprint density at radius 3 is 2.44 bits per heavy atom. The van der Waals surface area contributed by atoms with Crippen LogP contribution >= 0.6 is 0 Å². The Bertz CT molecular complexity index is 1390. The highest BCUT2D eigenvalue weighted by molar-refractivity contribution is 5.96. The number of carbonyl (C=O) groups excluding carboxylic acids is 1. The van der Waals surface area contributed by atoms with Crippen LogP contribution in [0.2, 0.25) is 0 Å². The first kappa shape index (κ1) is 21.3. The average Bonchev–Trinajstić information content (AvgIpc) is 3.23. The molecule has 0 radical (unpaired) electrons. The van der Waals surface area contributed by atoms with Crippen molar-refractivity contribution in [2.45, 2.75) is 13.1 Å². The second-order valence-electron chi connectivity index (χ2n) is 7.07. The van der Waals surface area contributed by atoms with E-state index in [1.807, 2.05) is 6.07 Å². The van der Waals surface area contributed by atoms with Crippen molar-refractivity contribution >= 4 is 16.9 Å². The Kier molecular flexibility index (Phi) is 6.00. The molecule has 0 spiro atoms. The third kappa shape index (κ3) is 3.74. The molecule has 2 aromatic carbocycles. The summed E-state index contributed by atoms with van der Waals surface area (Å²) >= 11 is 0. The summed E-state index contributed by atoms with van der Waals surface area (Å²) in [5.41, 5.74) is 0.160. The third-order valence-electron chi connectivity index (χ3n) is 5.15. The number of ether oxygens (including phenoxy) is 2. The van der Waals surface area contributed by atoms with Gasteiger partial charge in [-0.05, 0) is 12.1 Å². The molecule has 32 heavy (non-hydrogen) atoms. The number of nitrogens with zero attached hydrogens (tertiary/aromatic N) is 4. The molecule has 0 atom stereocenters. The first-order chi connectivity index (χ1) is 15.6. The minimum absolute atomic E-state index is 0.0526. The van der Waals surface area contributed by atoms with E-state index in [0.29, 0.717) is 17.0 Å². The molecule has 0 fully saturated rings. The number of rotatable bonds is 8. The van der Waals surface area contributed by atoms with Crippen LogP contribution in [0.1, 0.15) is 10.4 Å². The Balaban J connectivity index is 1.95. The number of ketones is 1. The highest BCUT2D eigenvalue weighted by Crippen LogP contribution is 2.23. The van der Waals surface area contributed by atoms with Crippen molar-refractivity contribution in [2.24, 2.45) is 0 Å². The van der Waals surface area contributed by atoms with E-state index in [-0.39, 0.29) is 36.6 Å². The first-order valence-corrected chi connectivity index (χ1v) is 9.98. The lowest BCUT2D eigenvalue weighted by Crippen LogP contribution is -2.41. The van der Waals surface area contributed by atoms with E-state index in [1.165, 1.54) is 29.7 Å². The van der Waals surface area contributed by atoms with E-state index in [9.17, 15) is 14.4 Å². The summed E-state index contributed by atoms with van der Waals surface area (Å²) in [6.45, 7) is 0.130. The van der Waals surface area contributed by atoms with Crippen molar-refractivity contribution in [3.8, 4) is 11.4 Å². The Morgan fingerprint density at radius 1 is 1.00 bits per heavy atom. The van der Waals surface area contributed by atoms with E-state index in [4.69, 9.17) is 9.47 Å². The molecule has 4 rings (SSSR count). The van der Waals surface area contributed by atoms with Gasteiger partial charge in [0.15, 0.2) is 16.9 Å². The van der Waals surface area contributed by atoms with Gasteiger partial charge in [0.05, 0.1) is 38.8 Å². The molecule has 0 saturated carbocycles. The van der Waals surface area contributed by atoms with Gasteiger partial charge in [-0.15, -0.1) is 0 Å². The lowest BCUT2D eigenvalue weighted by atomic mass is 10.1. The lowest BCUT2D eigenvalue weighted by Gasteiger charge is -2.14. The fraction of sp³-hybridized carbons (Fsp3) is 0.217. The van der Waals surface area contributed by atoms with Gasteiger partial charge in [0, 0.05) is 12.7 Å². The quantitative estimate of drug-likeness (QED) is 0.393. The number of fused-ring (bicyclic) bond motifs is 1. The SMILES string of the molecule is COCCn1c(=O)c2c(ncn2CC(=O)c2ccccc2)n(-c2ccccc2OC)c1=O. The van der Waals surface area contributed by atoms with Crippen molar-refractivity contribution in [3.05, 3.63) is 87.3 Å². The molecule has 2 heterocycles. The van der Waals surface area contributed by atoms with Crippen LogP contribution in [0.25, 0.3) is 16.9 Å². The predicted molar refractivity (Wildman–Crippen MR) is 119 cm³/mol. The van der Waals surface area contributed by atoms with Gasteiger partial charge >= 0.3 is 5.69 Å². The molecule has 9 nitrogen and oxygen atoms in total. The fourth-order valence-corrected chi connectivity index (χ4v) is 3.58.